The monoisotopic (exact) mass is 279 g/mol. The molecule has 6 heteroatoms. The summed E-state index contributed by atoms with van der Waals surface area (Å²) < 4.78 is 1.55. The van der Waals surface area contributed by atoms with Crippen LogP contribution in [0.3, 0.4) is 0 Å². The van der Waals surface area contributed by atoms with Gasteiger partial charge in [-0.25, -0.2) is 4.98 Å². The topological polar surface area (TPSA) is 57.8 Å². The predicted octanol–water partition coefficient (Wildman–Crippen LogP) is 0.959. The Hall–Kier alpha value is -1.24. The standard InChI is InChI=1S/C13H17N3O2S/c1-9(2)13(18)7-15(8-13)6-10-5-11(17)16-3-4-19-12(16)14-10/h3-5,9,18H,6-8H2,1-2H3. The minimum Gasteiger partial charge on any atom is -0.387 e. The van der Waals surface area contributed by atoms with E-state index in [9.17, 15) is 9.90 Å². The Balaban J connectivity index is 1.75. The van der Waals surface area contributed by atoms with Crippen molar-refractivity contribution in [3.63, 3.8) is 0 Å². The molecule has 0 unspecified atom stereocenters. The third-order valence-electron chi connectivity index (χ3n) is 3.81. The molecule has 1 saturated heterocycles. The average Bonchev–Trinajstić information content (AvgIpc) is 2.75. The van der Waals surface area contributed by atoms with Gasteiger partial charge in [-0.1, -0.05) is 13.8 Å². The molecule has 0 atom stereocenters. The first-order chi connectivity index (χ1) is 8.98. The summed E-state index contributed by atoms with van der Waals surface area (Å²) in [5.41, 5.74) is 0.154. The Morgan fingerprint density at radius 3 is 2.95 bits per heavy atom. The molecule has 0 radical (unpaired) electrons. The van der Waals surface area contributed by atoms with Crippen molar-refractivity contribution in [1.29, 1.82) is 0 Å². The zero-order chi connectivity index (χ0) is 13.6. The number of hydrogen-bond acceptors (Lipinski definition) is 5. The van der Waals surface area contributed by atoms with Crippen molar-refractivity contribution in [2.45, 2.75) is 26.0 Å². The molecule has 1 N–H and O–H groups in total. The van der Waals surface area contributed by atoms with Gasteiger partial charge < -0.3 is 5.11 Å². The molecule has 0 amide bonds. The Labute approximate surface area is 115 Å². The quantitative estimate of drug-likeness (QED) is 0.909. The van der Waals surface area contributed by atoms with E-state index in [1.807, 2.05) is 19.2 Å². The molecule has 102 valence electrons. The van der Waals surface area contributed by atoms with Gasteiger partial charge in [0.2, 0.25) is 0 Å². The normalized spacial score (nSPS) is 18.9. The van der Waals surface area contributed by atoms with Crippen molar-refractivity contribution < 1.29 is 5.11 Å². The summed E-state index contributed by atoms with van der Waals surface area (Å²) >= 11 is 1.46. The molecule has 2 aromatic rings. The van der Waals surface area contributed by atoms with E-state index in [1.54, 1.807) is 16.7 Å². The number of rotatable bonds is 3. The largest absolute Gasteiger partial charge is 0.387 e. The lowest BCUT2D eigenvalue weighted by atomic mass is 9.83. The zero-order valence-corrected chi connectivity index (χ0v) is 11.9. The van der Waals surface area contributed by atoms with Crippen LogP contribution in [0.4, 0.5) is 0 Å². The van der Waals surface area contributed by atoms with Crippen LogP contribution in [0.5, 0.6) is 0 Å². The maximum Gasteiger partial charge on any atom is 0.258 e. The smallest absolute Gasteiger partial charge is 0.258 e. The number of β-amino-alcohol motifs (C(OH)–C–C–N with tert-alkyl or cyclic N) is 1. The fraction of sp³-hybridized carbons (Fsp3) is 0.538. The average molecular weight is 279 g/mol. The molecule has 3 heterocycles. The van der Waals surface area contributed by atoms with Crippen molar-refractivity contribution in [2.75, 3.05) is 13.1 Å². The van der Waals surface area contributed by atoms with Gasteiger partial charge in [-0.15, -0.1) is 11.3 Å². The van der Waals surface area contributed by atoms with Crippen LogP contribution in [-0.4, -0.2) is 38.1 Å². The van der Waals surface area contributed by atoms with Gasteiger partial charge in [-0.3, -0.25) is 14.1 Å². The Morgan fingerprint density at radius 2 is 2.26 bits per heavy atom. The van der Waals surface area contributed by atoms with Gasteiger partial charge in [0.15, 0.2) is 4.96 Å². The molecule has 1 aliphatic rings. The second-order valence-electron chi connectivity index (χ2n) is 5.54. The summed E-state index contributed by atoms with van der Waals surface area (Å²) in [6, 6.07) is 1.58. The molecule has 0 spiro atoms. The van der Waals surface area contributed by atoms with Crippen molar-refractivity contribution in [1.82, 2.24) is 14.3 Å². The van der Waals surface area contributed by atoms with E-state index in [2.05, 4.69) is 9.88 Å². The molecule has 0 saturated carbocycles. The summed E-state index contributed by atoms with van der Waals surface area (Å²) in [6.07, 6.45) is 1.74. The van der Waals surface area contributed by atoms with E-state index in [4.69, 9.17) is 0 Å². The molecule has 0 aliphatic carbocycles. The first-order valence-corrected chi connectivity index (χ1v) is 7.26. The van der Waals surface area contributed by atoms with E-state index in [0.29, 0.717) is 19.6 Å². The van der Waals surface area contributed by atoms with E-state index in [0.717, 1.165) is 10.7 Å². The van der Waals surface area contributed by atoms with E-state index in [-0.39, 0.29) is 11.5 Å². The molecule has 19 heavy (non-hydrogen) atoms. The van der Waals surface area contributed by atoms with Crippen molar-refractivity contribution in [2.24, 2.45) is 5.92 Å². The number of likely N-dealkylation sites (tertiary alicyclic amines) is 1. The molecule has 3 rings (SSSR count). The van der Waals surface area contributed by atoms with Gasteiger partial charge in [-0.2, -0.15) is 0 Å². The summed E-state index contributed by atoms with van der Waals surface area (Å²) in [6.45, 7) is 5.98. The van der Waals surface area contributed by atoms with Gasteiger partial charge >= 0.3 is 0 Å². The Morgan fingerprint density at radius 1 is 1.53 bits per heavy atom. The summed E-state index contributed by atoms with van der Waals surface area (Å²) in [5, 5.41) is 12.1. The SMILES string of the molecule is CC(C)C1(O)CN(Cc2cc(=O)n3ccsc3n2)C1. The van der Waals surface area contributed by atoms with Crippen molar-refractivity contribution in [3.8, 4) is 0 Å². The number of thiazole rings is 1. The number of aromatic nitrogens is 2. The predicted molar refractivity (Wildman–Crippen MR) is 74.4 cm³/mol. The van der Waals surface area contributed by atoms with Crippen LogP contribution >= 0.6 is 11.3 Å². The van der Waals surface area contributed by atoms with Crippen LogP contribution < -0.4 is 5.56 Å². The molecular formula is C13H17N3O2S. The van der Waals surface area contributed by atoms with Gasteiger partial charge in [0.1, 0.15) is 0 Å². The van der Waals surface area contributed by atoms with Crippen LogP contribution in [0.1, 0.15) is 19.5 Å². The van der Waals surface area contributed by atoms with E-state index >= 15 is 0 Å². The number of hydrogen-bond donors (Lipinski definition) is 1. The fourth-order valence-corrected chi connectivity index (χ4v) is 3.14. The summed E-state index contributed by atoms with van der Waals surface area (Å²) in [5.74, 6) is 0.252. The highest BCUT2D eigenvalue weighted by Gasteiger charge is 2.43. The first-order valence-electron chi connectivity index (χ1n) is 6.38. The molecule has 5 nitrogen and oxygen atoms in total. The number of nitrogens with zero attached hydrogens (tertiary/aromatic N) is 3. The molecule has 0 aromatic carbocycles. The molecule has 2 aromatic heterocycles. The zero-order valence-electron chi connectivity index (χ0n) is 11.0. The van der Waals surface area contributed by atoms with Gasteiger partial charge in [0.25, 0.3) is 5.56 Å². The van der Waals surface area contributed by atoms with Gasteiger partial charge in [0, 0.05) is 37.3 Å². The molecule has 0 bridgehead atoms. The van der Waals surface area contributed by atoms with Crippen LogP contribution in [0.15, 0.2) is 22.4 Å². The first kappa shape index (κ1) is 12.8. The minimum atomic E-state index is -0.581. The minimum absolute atomic E-state index is 0.0408. The highest BCUT2D eigenvalue weighted by Crippen LogP contribution is 2.29. The molecular weight excluding hydrogens is 262 g/mol. The van der Waals surface area contributed by atoms with Crippen molar-refractivity contribution in [3.05, 3.63) is 33.7 Å². The second kappa shape index (κ2) is 4.40. The van der Waals surface area contributed by atoms with Crippen LogP contribution in [0, 0.1) is 5.92 Å². The maximum atomic E-state index is 11.8. The second-order valence-corrected chi connectivity index (χ2v) is 6.42. The lowest BCUT2D eigenvalue weighted by molar-refractivity contribution is -0.131. The van der Waals surface area contributed by atoms with Gasteiger partial charge in [0.05, 0.1) is 11.3 Å². The van der Waals surface area contributed by atoms with Crippen LogP contribution in [-0.2, 0) is 6.54 Å². The van der Waals surface area contributed by atoms with Gasteiger partial charge in [-0.05, 0) is 5.92 Å². The molecule has 1 fully saturated rings. The van der Waals surface area contributed by atoms with Crippen LogP contribution in [0.25, 0.3) is 4.96 Å². The Bertz CT molecular complexity index is 655. The summed E-state index contributed by atoms with van der Waals surface area (Å²) in [4.78, 5) is 19.2. The summed E-state index contributed by atoms with van der Waals surface area (Å²) in [7, 11) is 0. The van der Waals surface area contributed by atoms with Crippen molar-refractivity contribution >= 4 is 16.3 Å². The lowest BCUT2D eigenvalue weighted by Crippen LogP contribution is -2.63. The lowest BCUT2D eigenvalue weighted by Gasteiger charge is -2.49. The van der Waals surface area contributed by atoms with Crippen LogP contribution in [0.2, 0.25) is 0 Å². The molecule has 1 aliphatic heterocycles. The number of fused-ring (bicyclic) bond motifs is 1. The highest BCUT2D eigenvalue weighted by atomic mass is 32.1. The fourth-order valence-electron chi connectivity index (χ4n) is 2.40. The third-order valence-corrected chi connectivity index (χ3v) is 4.57. The highest BCUT2D eigenvalue weighted by molar-refractivity contribution is 7.15. The maximum absolute atomic E-state index is 11.8. The number of aliphatic hydroxyl groups is 1. The third kappa shape index (κ3) is 2.20. The Kier molecular flexibility index (Phi) is 2.96. The van der Waals surface area contributed by atoms with E-state index in [1.165, 1.54) is 11.3 Å². The van der Waals surface area contributed by atoms with E-state index < -0.39 is 5.60 Å².